The van der Waals surface area contributed by atoms with Crippen LogP contribution in [0, 0.1) is 11.8 Å². The number of carbonyl (C=O) groups is 2. The zero-order chi connectivity index (χ0) is 20.4. The summed E-state index contributed by atoms with van der Waals surface area (Å²) in [6.07, 6.45) is 4.81. The molecule has 7 nitrogen and oxygen atoms in total. The van der Waals surface area contributed by atoms with Crippen molar-refractivity contribution in [2.24, 2.45) is 11.8 Å². The zero-order valence-corrected chi connectivity index (χ0v) is 17.6. The van der Waals surface area contributed by atoms with Gasteiger partial charge in [-0.05, 0) is 43.1 Å². The summed E-state index contributed by atoms with van der Waals surface area (Å²) in [5, 5.41) is 3.33. The Labute approximate surface area is 168 Å². The fraction of sp³-hybridized carbons (Fsp3) is 0.600. The molecule has 1 aliphatic carbocycles. The minimum absolute atomic E-state index is 0.172. The molecule has 0 aliphatic heterocycles. The molecule has 3 rings (SSSR count). The first-order valence-corrected chi connectivity index (χ1v) is 10.5. The Morgan fingerprint density at radius 2 is 2.18 bits per heavy atom. The molecule has 0 unspecified atom stereocenters. The smallest absolute Gasteiger partial charge is 0.328 e. The van der Waals surface area contributed by atoms with E-state index in [-0.39, 0.29) is 18.0 Å². The quantitative estimate of drug-likeness (QED) is 0.745. The maximum atomic E-state index is 13.0. The molecule has 8 heteroatoms. The van der Waals surface area contributed by atoms with E-state index in [9.17, 15) is 14.4 Å². The number of hydrogen-bond donors (Lipinski definition) is 1. The normalized spacial score (nSPS) is 17.4. The van der Waals surface area contributed by atoms with Crippen molar-refractivity contribution >= 4 is 33.4 Å². The molecule has 2 aromatic rings. The topological polar surface area (TPSA) is 90.3 Å². The molecule has 28 heavy (non-hydrogen) atoms. The molecule has 0 fully saturated rings. The van der Waals surface area contributed by atoms with Gasteiger partial charge in [-0.15, -0.1) is 11.3 Å². The van der Waals surface area contributed by atoms with E-state index in [4.69, 9.17) is 4.74 Å². The van der Waals surface area contributed by atoms with E-state index in [0.717, 1.165) is 29.7 Å². The summed E-state index contributed by atoms with van der Waals surface area (Å²) in [4.78, 5) is 43.8. The van der Waals surface area contributed by atoms with E-state index in [1.807, 2.05) is 13.8 Å². The molecule has 1 N–H and O–H groups in total. The summed E-state index contributed by atoms with van der Waals surface area (Å²) in [5.74, 6) is -0.0596. The second-order valence-corrected chi connectivity index (χ2v) is 9.07. The predicted octanol–water partition coefficient (Wildman–Crippen LogP) is 2.29. The molecule has 0 spiro atoms. The maximum Gasteiger partial charge on any atom is 0.328 e. The Bertz CT molecular complexity index is 947. The number of hydrogen-bond acceptors (Lipinski definition) is 6. The van der Waals surface area contributed by atoms with Gasteiger partial charge in [-0.3, -0.25) is 14.2 Å². The number of ether oxygens (including phenoxy) is 1. The van der Waals surface area contributed by atoms with Crippen molar-refractivity contribution in [1.82, 2.24) is 14.9 Å². The minimum Gasteiger partial charge on any atom is -0.467 e. The number of esters is 1. The van der Waals surface area contributed by atoms with Crippen LogP contribution in [0.5, 0.6) is 0 Å². The van der Waals surface area contributed by atoms with Gasteiger partial charge >= 0.3 is 5.97 Å². The second-order valence-electron chi connectivity index (χ2n) is 7.98. The van der Waals surface area contributed by atoms with Gasteiger partial charge < -0.3 is 10.1 Å². The summed E-state index contributed by atoms with van der Waals surface area (Å²) < 4.78 is 6.10. The van der Waals surface area contributed by atoms with Crippen LogP contribution in [-0.4, -0.2) is 34.6 Å². The van der Waals surface area contributed by atoms with Crippen LogP contribution in [0.25, 0.3) is 10.2 Å². The monoisotopic (exact) mass is 405 g/mol. The molecule has 2 atom stereocenters. The number of aryl methyl sites for hydroxylation is 1. The van der Waals surface area contributed by atoms with Gasteiger partial charge in [0, 0.05) is 4.88 Å². The van der Waals surface area contributed by atoms with Crippen molar-refractivity contribution in [3.63, 3.8) is 0 Å². The highest BCUT2D eigenvalue weighted by Gasteiger charge is 2.25. The van der Waals surface area contributed by atoms with Gasteiger partial charge in [0.2, 0.25) is 5.91 Å². The lowest BCUT2D eigenvalue weighted by atomic mass is 9.89. The van der Waals surface area contributed by atoms with E-state index < -0.39 is 17.9 Å². The number of thiophene rings is 1. The highest BCUT2D eigenvalue weighted by atomic mass is 32.1. The standard InChI is InChI=1S/C20H27N3O4S/c1-11(2)7-14(20(26)27-4)22-16(24)9-23-10-21-18-17(19(23)25)13-6-5-12(3)8-15(13)28-18/h10-12,14H,5-9H2,1-4H3,(H,22,24)/t12-,14+/m0/s1. The van der Waals surface area contributed by atoms with Crippen LogP contribution in [-0.2, 0) is 33.7 Å². The maximum absolute atomic E-state index is 13.0. The van der Waals surface area contributed by atoms with Gasteiger partial charge in [0.15, 0.2) is 0 Å². The number of aromatic nitrogens is 2. The average molecular weight is 406 g/mol. The van der Waals surface area contributed by atoms with E-state index in [0.29, 0.717) is 17.7 Å². The van der Waals surface area contributed by atoms with Crippen LogP contribution < -0.4 is 10.9 Å². The molecule has 2 aromatic heterocycles. The fourth-order valence-corrected chi connectivity index (χ4v) is 5.04. The number of methoxy groups -OCH3 is 1. The number of rotatable bonds is 6. The minimum atomic E-state index is -0.722. The van der Waals surface area contributed by atoms with Crippen LogP contribution >= 0.6 is 11.3 Å². The van der Waals surface area contributed by atoms with Crippen LogP contribution in [0.3, 0.4) is 0 Å². The molecule has 1 aliphatic rings. The van der Waals surface area contributed by atoms with Crippen molar-refractivity contribution < 1.29 is 14.3 Å². The number of carbonyl (C=O) groups excluding carboxylic acids is 2. The number of nitrogens with zero attached hydrogens (tertiary/aromatic N) is 2. The highest BCUT2D eigenvalue weighted by molar-refractivity contribution is 7.18. The highest BCUT2D eigenvalue weighted by Crippen LogP contribution is 2.35. The van der Waals surface area contributed by atoms with Crippen LogP contribution in [0.4, 0.5) is 0 Å². The third-order valence-electron chi connectivity index (χ3n) is 5.12. The molecule has 0 radical (unpaired) electrons. The molecule has 0 saturated heterocycles. The number of fused-ring (bicyclic) bond motifs is 3. The van der Waals surface area contributed by atoms with Crippen molar-refractivity contribution in [2.75, 3.05) is 7.11 Å². The van der Waals surface area contributed by atoms with Crippen molar-refractivity contribution in [2.45, 2.75) is 59.0 Å². The predicted molar refractivity (Wildman–Crippen MR) is 108 cm³/mol. The molecular formula is C20H27N3O4S. The zero-order valence-electron chi connectivity index (χ0n) is 16.8. The third-order valence-corrected chi connectivity index (χ3v) is 6.29. The van der Waals surface area contributed by atoms with Crippen molar-refractivity contribution in [3.05, 3.63) is 27.1 Å². The average Bonchev–Trinajstić information content (AvgIpc) is 3.00. The number of amides is 1. The lowest BCUT2D eigenvalue weighted by Gasteiger charge is -2.19. The van der Waals surface area contributed by atoms with Gasteiger partial charge in [0.1, 0.15) is 17.4 Å². The van der Waals surface area contributed by atoms with Crippen molar-refractivity contribution in [3.8, 4) is 0 Å². The van der Waals surface area contributed by atoms with Gasteiger partial charge in [-0.2, -0.15) is 0 Å². The lowest BCUT2D eigenvalue weighted by molar-refractivity contribution is -0.145. The Kier molecular flexibility index (Phi) is 6.17. The summed E-state index contributed by atoms with van der Waals surface area (Å²) in [7, 11) is 1.30. The largest absolute Gasteiger partial charge is 0.467 e. The van der Waals surface area contributed by atoms with Gasteiger partial charge in [-0.1, -0.05) is 20.8 Å². The van der Waals surface area contributed by atoms with E-state index in [1.54, 1.807) is 11.3 Å². The molecule has 0 aromatic carbocycles. The first-order valence-electron chi connectivity index (χ1n) is 9.67. The molecule has 2 heterocycles. The summed E-state index contributed by atoms with van der Waals surface area (Å²) >= 11 is 1.58. The summed E-state index contributed by atoms with van der Waals surface area (Å²) in [5.41, 5.74) is 0.906. The van der Waals surface area contributed by atoms with Gasteiger partial charge in [0.05, 0.1) is 18.8 Å². The SMILES string of the molecule is COC(=O)[C@@H](CC(C)C)NC(=O)Cn1cnc2sc3c(c2c1=O)CC[C@H](C)C3. The first kappa shape index (κ1) is 20.5. The summed E-state index contributed by atoms with van der Waals surface area (Å²) in [6.45, 7) is 5.97. The van der Waals surface area contributed by atoms with E-state index in [2.05, 4.69) is 17.2 Å². The Balaban J connectivity index is 1.82. The molecule has 0 bridgehead atoms. The van der Waals surface area contributed by atoms with E-state index in [1.165, 1.54) is 22.9 Å². The number of nitrogens with one attached hydrogen (secondary N) is 1. The Morgan fingerprint density at radius 1 is 1.43 bits per heavy atom. The fourth-order valence-electron chi connectivity index (χ4n) is 3.70. The molecular weight excluding hydrogens is 378 g/mol. The third kappa shape index (κ3) is 4.27. The Hall–Kier alpha value is -2.22. The summed E-state index contributed by atoms with van der Waals surface area (Å²) in [6, 6.07) is -0.722. The Morgan fingerprint density at radius 3 is 2.86 bits per heavy atom. The van der Waals surface area contributed by atoms with Crippen LogP contribution in [0.2, 0.25) is 0 Å². The van der Waals surface area contributed by atoms with E-state index >= 15 is 0 Å². The first-order chi connectivity index (χ1) is 13.3. The van der Waals surface area contributed by atoms with Crippen LogP contribution in [0.15, 0.2) is 11.1 Å². The molecule has 1 amide bonds. The van der Waals surface area contributed by atoms with Gasteiger partial charge in [-0.25, -0.2) is 9.78 Å². The second kappa shape index (κ2) is 8.43. The van der Waals surface area contributed by atoms with Crippen LogP contribution in [0.1, 0.15) is 44.1 Å². The van der Waals surface area contributed by atoms with Crippen molar-refractivity contribution in [1.29, 1.82) is 0 Å². The molecule has 152 valence electrons. The van der Waals surface area contributed by atoms with Gasteiger partial charge in [0.25, 0.3) is 5.56 Å². The lowest BCUT2D eigenvalue weighted by Crippen LogP contribution is -2.44. The molecule has 0 saturated carbocycles.